The van der Waals surface area contributed by atoms with Crippen LogP contribution in [0, 0.1) is 13.8 Å². The largest absolute Gasteiger partial charge is 0.379 e. The van der Waals surface area contributed by atoms with Gasteiger partial charge in [-0.2, -0.15) is 5.48 Å². The first kappa shape index (κ1) is 20.2. The molecule has 0 spiro atoms. The summed E-state index contributed by atoms with van der Waals surface area (Å²) < 4.78 is 0. The Kier molecular flexibility index (Phi) is 6.55. The number of nitrogens with one attached hydrogen (secondary N) is 1. The highest BCUT2D eigenvalue weighted by Crippen LogP contribution is 2.27. The van der Waals surface area contributed by atoms with E-state index in [-0.39, 0.29) is 5.91 Å². The first-order chi connectivity index (χ1) is 13.5. The normalized spacial score (nSPS) is 10.6. The fraction of sp³-hybridized carbons (Fsp3) is 0.182. The maximum absolute atomic E-state index is 12.1. The van der Waals surface area contributed by atoms with E-state index in [1.54, 1.807) is 30.6 Å². The van der Waals surface area contributed by atoms with Crippen molar-refractivity contribution in [3.8, 4) is 5.75 Å². The van der Waals surface area contributed by atoms with Gasteiger partial charge in [-0.3, -0.25) is 9.78 Å². The number of hydrogen-bond donors (Lipinski definition) is 1. The molecule has 1 amide bonds. The SMILES string of the molecule is Cc1c(CCc2ccc(Cl)cc2Cl)ccc(ONC(=O)c2ccncc2)c1C. The molecule has 0 saturated heterocycles. The number of halogens is 2. The second-order valence-corrected chi connectivity index (χ2v) is 7.32. The molecule has 0 unspecified atom stereocenters. The Balaban J connectivity index is 1.66. The van der Waals surface area contributed by atoms with Gasteiger partial charge in [0.1, 0.15) is 0 Å². The number of amides is 1. The van der Waals surface area contributed by atoms with Gasteiger partial charge in [-0.1, -0.05) is 35.3 Å². The van der Waals surface area contributed by atoms with E-state index in [4.69, 9.17) is 28.0 Å². The Bertz CT molecular complexity index is 991. The fourth-order valence-corrected chi connectivity index (χ4v) is 3.39. The van der Waals surface area contributed by atoms with Crippen molar-refractivity contribution in [2.75, 3.05) is 0 Å². The van der Waals surface area contributed by atoms with Crippen molar-refractivity contribution in [2.24, 2.45) is 0 Å². The molecule has 6 heteroatoms. The molecule has 1 N–H and O–H groups in total. The van der Waals surface area contributed by atoms with Gasteiger partial charge in [-0.05, 0) is 79.3 Å². The Hall–Kier alpha value is -2.56. The van der Waals surface area contributed by atoms with Crippen molar-refractivity contribution in [3.63, 3.8) is 0 Å². The van der Waals surface area contributed by atoms with Gasteiger partial charge in [0.25, 0.3) is 5.91 Å². The van der Waals surface area contributed by atoms with Crippen LogP contribution in [-0.2, 0) is 12.8 Å². The molecule has 0 radical (unpaired) electrons. The molecule has 1 aromatic heterocycles. The number of benzene rings is 2. The highest BCUT2D eigenvalue weighted by molar-refractivity contribution is 6.35. The number of aromatic nitrogens is 1. The van der Waals surface area contributed by atoms with Crippen LogP contribution in [0.5, 0.6) is 5.75 Å². The van der Waals surface area contributed by atoms with E-state index in [1.807, 2.05) is 38.1 Å². The third-order valence-corrected chi connectivity index (χ3v) is 5.31. The lowest BCUT2D eigenvalue weighted by Gasteiger charge is -2.15. The Morgan fingerprint density at radius 1 is 0.964 bits per heavy atom. The van der Waals surface area contributed by atoms with Gasteiger partial charge >= 0.3 is 0 Å². The molecule has 0 atom stereocenters. The van der Waals surface area contributed by atoms with E-state index in [0.29, 0.717) is 21.4 Å². The van der Waals surface area contributed by atoms with E-state index in [2.05, 4.69) is 10.5 Å². The molecule has 4 nitrogen and oxygen atoms in total. The summed E-state index contributed by atoms with van der Waals surface area (Å²) in [4.78, 5) is 21.5. The predicted molar refractivity (Wildman–Crippen MR) is 112 cm³/mol. The molecule has 3 rings (SSSR count). The molecular weight excluding hydrogens is 395 g/mol. The second kappa shape index (κ2) is 9.09. The Morgan fingerprint density at radius 3 is 2.36 bits per heavy atom. The van der Waals surface area contributed by atoms with E-state index in [0.717, 1.165) is 29.5 Å². The van der Waals surface area contributed by atoms with Gasteiger partial charge in [0.05, 0.1) is 0 Å². The summed E-state index contributed by atoms with van der Waals surface area (Å²) in [6.07, 6.45) is 4.78. The lowest BCUT2D eigenvalue weighted by Crippen LogP contribution is -2.27. The van der Waals surface area contributed by atoms with Crippen LogP contribution in [0.4, 0.5) is 0 Å². The first-order valence-corrected chi connectivity index (χ1v) is 9.61. The second-order valence-electron chi connectivity index (χ2n) is 6.48. The summed E-state index contributed by atoms with van der Waals surface area (Å²) in [5.74, 6) is 0.300. The Labute approximate surface area is 174 Å². The number of pyridine rings is 1. The van der Waals surface area contributed by atoms with Gasteiger partial charge in [-0.15, -0.1) is 0 Å². The Morgan fingerprint density at radius 2 is 1.64 bits per heavy atom. The molecule has 1 heterocycles. The maximum Gasteiger partial charge on any atom is 0.284 e. The molecule has 28 heavy (non-hydrogen) atoms. The van der Waals surface area contributed by atoms with Crippen molar-refractivity contribution in [3.05, 3.63) is 92.7 Å². The average Bonchev–Trinajstić information content (AvgIpc) is 2.70. The molecule has 144 valence electrons. The third kappa shape index (κ3) is 4.83. The van der Waals surface area contributed by atoms with Gasteiger partial charge in [0.2, 0.25) is 0 Å². The van der Waals surface area contributed by atoms with Gasteiger partial charge < -0.3 is 4.84 Å². The summed E-state index contributed by atoms with van der Waals surface area (Å²) in [5, 5.41) is 1.32. The number of carbonyl (C=O) groups excluding carboxylic acids is 1. The summed E-state index contributed by atoms with van der Waals surface area (Å²) in [7, 11) is 0. The topological polar surface area (TPSA) is 51.2 Å². The zero-order valence-electron chi connectivity index (χ0n) is 15.6. The molecular formula is C22H20Cl2N2O2. The molecule has 0 aliphatic rings. The van der Waals surface area contributed by atoms with Crippen LogP contribution >= 0.6 is 23.2 Å². The number of carbonyl (C=O) groups is 1. The minimum atomic E-state index is -0.319. The molecule has 3 aromatic rings. The summed E-state index contributed by atoms with van der Waals surface area (Å²) in [6, 6.07) is 12.7. The zero-order chi connectivity index (χ0) is 20.1. The quantitative estimate of drug-likeness (QED) is 0.540. The molecule has 0 aliphatic carbocycles. The summed E-state index contributed by atoms with van der Waals surface area (Å²) >= 11 is 12.2. The van der Waals surface area contributed by atoms with E-state index >= 15 is 0 Å². The van der Waals surface area contributed by atoms with Crippen molar-refractivity contribution in [1.29, 1.82) is 0 Å². The lowest BCUT2D eigenvalue weighted by atomic mass is 9.97. The van der Waals surface area contributed by atoms with Crippen LogP contribution in [0.2, 0.25) is 10.0 Å². The molecule has 2 aromatic carbocycles. The van der Waals surface area contributed by atoms with Crippen LogP contribution in [0.15, 0.2) is 54.9 Å². The predicted octanol–water partition coefficient (Wildman–Crippen LogP) is 5.51. The zero-order valence-corrected chi connectivity index (χ0v) is 17.1. The highest BCUT2D eigenvalue weighted by atomic mass is 35.5. The minimum Gasteiger partial charge on any atom is -0.379 e. The fourth-order valence-electron chi connectivity index (χ4n) is 2.89. The van der Waals surface area contributed by atoms with Crippen LogP contribution in [-0.4, -0.2) is 10.9 Å². The number of hydrogen-bond acceptors (Lipinski definition) is 3. The van der Waals surface area contributed by atoms with Crippen LogP contribution in [0.3, 0.4) is 0 Å². The highest BCUT2D eigenvalue weighted by Gasteiger charge is 2.11. The van der Waals surface area contributed by atoms with Gasteiger partial charge in [-0.25, -0.2) is 0 Å². The maximum atomic E-state index is 12.1. The van der Waals surface area contributed by atoms with E-state index in [9.17, 15) is 4.79 Å². The standard InChI is InChI=1S/C22H20Cl2N2O2/c1-14-15(2)21(28-26-22(27)18-9-11-25-12-10-18)8-6-16(14)3-4-17-5-7-19(23)13-20(17)24/h5-13H,3-4H2,1-2H3,(H,26,27). The number of nitrogens with zero attached hydrogens (tertiary/aromatic N) is 1. The molecule has 0 aliphatic heterocycles. The lowest BCUT2D eigenvalue weighted by molar-refractivity contribution is 0.0758. The summed E-state index contributed by atoms with van der Waals surface area (Å²) in [6.45, 7) is 4.02. The summed E-state index contributed by atoms with van der Waals surface area (Å²) in [5.41, 5.74) is 7.34. The van der Waals surface area contributed by atoms with E-state index < -0.39 is 0 Å². The van der Waals surface area contributed by atoms with Gasteiger partial charge in [0.15, 0.2) is 5.75 Å². The van der Waals surface area contributed by atoms with Crippen molar-refractivity contribution < 1.29 is 9.63 Å². The van der Waals surface area contributed by atoms with E-state index in [1.165, 1.54) is 5.56 Å². The van der Waals surface area contributed by atoms with Crippen molar-refractivity contribution in [1.82, 2.24) is 10.5 Å². The monoisotopic (exact) mass is 414 g/mol. The van der Waals surface area contributed by atoms with Crippen molar-refractivity contribution in [2.45, 2.75) is 26.7 Å². The molecule has 0 saturated carbocycles. The third-order valence-electron chi connectivity index (χ3n) is 4.72. The van der Waals surface area contributed by atoms with Crippen molar-refractivity contribution >= 4 is 29.1 Å². The number of aryl methyl sites for hydroxylation is 2. The van der Waals surface area contributed by atoms with Crippen LogP contribution in [0.25, 0.3) is 0 Å². The first-order valence-electron chi connectivity index (χ1n) is 8.86. The number of rotatable bonds is 6. The number of hydroxylamine groups is 1. The average molecular weight is 415 g/mol. The van der Waals surface area contributed by atoms with Crippen LogP contribution in [0.1, 0.15) is 32.6 Å². The molecule has 0 fully saturated rings. The van der Waals surface area contributed by atoms with Gasteiger partial charge in [0, 0.05) is 28.0 Å². The molecule has 0 bridgehead atoms. The smallest absolute Gasteiger partial charge is 0.284 e. The van der Waals surface area contributed by atoms with Crippen LogP contribution < -0.4 is 10.3 Å². The minimum absolute atomic E-state index is 0.319.